The van der Waals surface area contributed by atoms with E-state index in [1.54, 1.807) is 37.4 Å². The number of hydrogen-bond donors (Lipinski definition) is 2. The summed E-state index contributed by atoms with van der Waals surface area (Å²) in [5.41, 5.74) is 0.848. The van der Waals surface area contributed by atoms with E-state index >= 15 is 0 Å². The molecule has 1 atom stereocenters. The Bertz CT molecular complexity index is 1070. The molecule has 1 amide bonds. The molecule has 7 heteroatoms. The van der Waals surface area contributed by atoms with Crippen LogP contribution in [-0.2, 0) is 11.2 Å². The van der Waals surface area contributed by atoms with Crippen molar-refractivity contribution in [1.29, 1.82) is 0 Å². The van der Waals surface area contributed by atoms with Crippen LogP contribution < -0.4 is 10.9 Å². The molecule has 0 bridgehead atoms. The Labute approximate surface area is 167 Å². The molecule has 0 aliphatic rings. The van der Waals surface area contributed by atoms with Gasteiger partial charge in [0.15, 0.2) is 0 Å². The van der Waals surface area contributed by atoms with E-state index in [0.29, 0.717) is 22.0 Å². The third kappa shape index (κ3) is 4.40. The van der Waals surface area contributed by atoms with Gasteiger partial charge in [-0.3, -0.25) is 9.59 Å². The number of pyridine rings is 1. The maximum Gasteiger partial charge on any atom is 0.258 e. The molecular formula is C21H22ClFN2O3. The van der Waals surface area contributed by atoms with Crippen LogP contribution in [0.5, 0.6) is 0 Å². The monoisotopic (exact) mass is 404 g/mol. The first kappa shape index (κ1) is 21.6. The van der Waals surface area contributed by atoms with Gasteiger partial charge in [0.25, 0.3) is 5.56 Å². The van der Waals surface area contributed by atoms with Gasteiger partial charge in [0.05, 0.1) is 24.1 Å². The fraction of sp³-hybridized carbons (Fsp3) is 0.238. The lowest BCUT2D eigenvalue weighted by Gasteiger charge is -2.14. The number of aliphatic hydroxyl groups excluding tert-OH is 1. The van der Waals surface area contributed by atoms with Crippen LogP contribution in [0.15, 0.2) is 53.5 Å². The van der Waals surface area contributed by atoms with E-state index in [1.807, 2.05) is 0 Å². The Morgan fingerprint density at radius 1 is 1.25 bits per heavy atom. The molecule has 0 aliphatic carbocycles. The molecule has 1 aromatic heterocycles. The predicted molar refractivity (Wildman–Crippen MR) is 110 cm³/mol. The molecule has 148 valence electrons. The quantitative estimate of drug-likeness (QED) is 0.670. The summed E-state index contributed by atoms with van der Waals surface area (Å²) in [4.78, 5) is 25.0. The van der Waals surface area contributed by atoms with Gasteiger partial charge in [-0.05, 0) is 42.8 Å². The molecular weight excluding hydrogens is 383 g/mol. The summed E-state index contributed by atoms with van der Waals surface area (Å²) in [6.45, 7) is 1.59. The third-order valence-electron chi connectivity index (χ3n) is 4.33. The van der Waals surface area contributed by atoms with Gasteiger partial charge in [0.1, 0.15) is 5.82 Å². The second-order valence-electron chi connectivity index (χ2n) is 6.30. The van der Waals surface area contributed by atoms with Crippen LogP contribution in [0.2, 0.25) is 5.02 Å². The van der Waals surface area contributed by atoms with Crippen LogP contribution in [0.3, 0.4) is 0 Å². The van der Waals surface area contributed by atoms with Crippen molar-refractivity contribution in [2.24, 2.45) is 0 Å². The standard InChI is InChI=1S/C20H18ClFN2O3.CH4/c1-12(11-25)24-8-7-14-15(20(24)27)3-2-4-18(14)23-19(26)10-13-5-6-17(22)16(21)9-13;/h2-9,12,25H,10-11H2,1H3,(H,23,26);1H4/t12-;/m1./s1. The van der Waals surface area contributed by atoms with Crippen LogP contribution in [0.1, 0.15) is 26.0 Å². The molecule has 5 nitrogen and oxygen atoms in total. The molecule has 0 spiro atoms. The molecule has 1 heterocycles. The Balaban J connectivity index is 0.00000280. The van der Waals surface area contributed by atoms with Crippen LogP contribution in [0.25, 0.3) is 10.8 Å². The van der Waals surface area contributed by atoms with Gasteiger partial charge in [0, 0.05) is 22.7 Å². The number of carbonyl (C=O) groups is 1. The van der Waals surface area contributed by atoms with E-state index in [1.165, 1.54) is 22.8 Å². The number of hydrogen-bond acceptors (Lipinski definition) is 3. The van der Waals surface area contributed by atoms with E-state index in [4.69, 9.17) is 11.6 Å². The first-order valence-electron chi connectivity index (χ1n) is 8.39. The van der Waals surface area contributed by atoms with Crippen molar-refractivity contribution in [1.82, 2.24) is 4.57 Å². The number of anilines is 1. The van der Waals surface area contributed by atoms with Crippen molar-refractivity contribution in [2.45, 2.75) is 26.8 Å². The lowest BCUT2D eigenvalue weighted by molar-refractivity contribution is -0.115. The normalized spacial score (nSPS) is 11.7. The van der Waals surface area contributed by atoms with Gasteiger partial charge in [-0.2, -0.15) is 0 Å². The molecule has 2 N–H and O–H groups in total. The molecule has 3 aromatic rings. The lowest BCUT2D eigenvalue weighted by Crippen LogP contribution is -2.25. The molecule has 0 unspecified atom stereocenters. The minimum Gasteiger partial charge on any atom is -0.394 e. The first-order chi connectivity index (χ1) is 12.9. The predicted octanol–water partition coefficient (Wildman–Crippen LogP) is 4.16. The van der Waals surface area contributed by atoms with Crippen molar-refractivity contribution in [3.8, 4) is 0 Å². The number of nitrogens with zero attached hydrogens (tertiary/aromatic N) is 1. The third-order valence-corrected chi connectivity index (χ3v) is 4.62. The molecule has 0 fully saturated rings. The van der Waals surface area contributed by atoms with Gasteiger partial charge in [-0.15, -0.1) is 0 Å². The van der Waals surface area contributed by atoms with Gasteiger partial charge in [-0.1, -0.05) is 31.2 Å². The number of aromatic nitrogens is 1. The largest absolute Gasteiger partial charge is 0.394 e. The van der Waals surface area contributed by atoms with Crippen molar-refractivity contribution >= 4 is 34.0 Å². The van der Waals surface area contributed by atoms with Crippen LogP contribution in [0.4, 0.5) is 10.1 Å². The molecule has 28 heavy (non-hydrogen) atoms. The number of fused-ring (bicyclic) bond motifs is 1. The number of aliphatic hydroxyl groups is 1. The molecule has 0 radical (unpaired) electrons. The highest BCUT2D eigenvalue weighted by Crippen LogP contribution is 2.22. The second kappa shape index (κ2) is 8.99. The van der Waals surface area contributed by atoms with Crippen LogP contribution in [-0.4, -0.2) is 22.2 Å². The highest BCUT2D eigenvalue weighted by molar-refractivity contribution is 6.30. The van der Waals surface area contributed by atoms with Crippen molar-refractivity contribution in [2.75, 3.05) is 11.9 Å². The minimum absolute atomic E-state index is 0. The zero-order valence-corrected chi connectivity index (χ0v) is 15.3. The fourth-order valence-electron chi connectivity index (χ4n) is 2.87. The van der Waals surface area contributed by atoms with Crippen molar-refractivity contribution in [3.05, 3.63) is 75.4 Å². The fourth-order valence-corrected chi connectivity index (χ4v) is 3.07. The summed E-state index contributed by atoms with van der Waals surface area (Å²) in [7, 11) is 0. The molecule has 2 aromatic carbocycles. The van der Waals surface area contributed by atoms with Crippen LogP contribution >= 0.6 is 11.6 Å². The summed E-state index contributed by atoms with van der Waals surface area (Å²) >= 11 is 5.74. The van der Waals surface area contributed by atoms with E-state index in [2.05, 4.69) is 5.32 Å². The average molecular weight is 405 g/mol. The highest BCUT2D eigenvalue weighted by Gasteiger charge is 2.12. The Hall–Kier alpha value is -2.70. The summed E-state index contributed by atoms with van der Waals surface area (Å²) in [6.07, 6.45) is 1.62. The maximum atomic E-state index is 13.2. The van der Waals surface area contributed by atoms with E-state index in [-0.39, 0.29) is 43.0 Å². The number of nitrogens with one attached hydrogen (secondary N) is 1. The Morgan fingerprint density at radius 3 is 2.68 bits per heavy atom. The summed E-state index contributed by atoms with van der Waals surface area (Å²) in [5.74, 6) is -0.846. The van der Waals surface area contributed by atoms with Crippen molar-refractivity contribution in [3.63, 3.8) is 0 Å². The number of amides is 1. The minimum atomic E-state index is -0.539. The van der Waals surface area contributed by atoms with Crippen molar-refractivity contribution < 1.29 is 14.3 Å². The van der Waals surface area contributed by atoms with E-state index in [0.717, 1.165) is 0 Å². The second-order valence-corrected chi connectivity index (χ2v) is 6.71. The summed E-state index contributed by atoms with van der Waals surface area (Å²) in [5, 5.41) is 13.1. The zero-order valence-electron chi connectivity index (χ0n) is 14.6. The van der Waals surface area contributed by atoms with Gasteiger partial charge in [-0.25, -0.2) is 4.39 Å². The van der Waals surface area contributed by atoms with Gasteiger partial charge < -0.3 is 15.0 Å². The van der Waals surface area contributed by atoms with E-state index < -0.39 is 5.82 Å². The first-order valence-corrected chi connectivity index (χ1v) is 8.77. The Morgan fingerprint density at radius 2 is 2.00 bits per heavy atom. The SMILES string of the molecule is C.C[C@H](CO)n1ccc2c(NC(=O)Cc3ccc(F)c(Cl)c3)cccc2c1=O. The highest BCUT2D eigenvalue weighted by atomic mass is 35.5. The summed E-state index contributed by atoms with van der Waals surface area (Å²) in [6, 6.07) is 10.6. The molecule has 0 aliphatic heterocycles. The number of carbonyl (C=O) groups excluding carboxylic acids is 1. The average Bonchev–Trinajstić information content (AvgIpc) is 2.65. The molecule has 0 saturated carbocycles. The van der Waals surface area contributed by atoms with E-state index in [9.17, 15) is 19.1 Å². The maximum absolute atomic E-state index is 13.2. The van der Waals surface area contributed by atoms with Crippen LogP contribution in [0, 0.1) is 5.82 Å². The molecule has 3 rings (SSSR count). The molecule has 0 saturated heterocycles. The number of halogens is 2. The zero-order chi connectivity index (χ0) is 19.6. The number of benzene rings is 2. The topological polar surface area (TPSA) is 71.3 Å². The Kier molecular flexibility index (Phi) is 6.94. The summed E-state index contributed by atoms with van der Waals surface area (Å²) < 4.78 is 14.7. The van der Waals surface area contributed by atoms with Gasteiger partial charge >= 0.3 is 0 Å². The number of rotatable bonds is 5. The smallest absolute Gasteiger partial charge is 0.258 e. The lowest BCUT2D eigenvalue weighted by atomic mass is 10.1. The van der Waals surface area contributed by atoms with Gasteiger partial charge in [0.2, 0.25) is 5.91 Å².